The van der Waals surface area contributed by atoms with Gasteiger partial charge in [0.2, 0.25) is 0 Å². The predicted octanol–water partition coefficient (Wildman–Crippen LogP) is 2.58. The van der Waals surface area contributed by atoms with Gasteiger partial charge < -0.3 is 10.1 Å². The Hall–Kier alpha value is -0.870. The van der Waals surface area contributed by atoms with E-state index in [0.29, 0.717) is 11.7 Å². The number of hydrogen-bond donors (Lipinski definition) is 1. The molecule has 0 saturated heterocycles. The van der Waals surface area contributed by atoms with E-state index in [2.05, 4.69) is 31.3 Å². The molecule has 1 aromatic rings. The van der Waals surface area contributed by atoms with Crippen molar-refractivity contribution in [3.63, 3.8) is 0 Å². The van der Waals surface area contributed by atoms with Crippen LogP contribution >= 0.6 is 0 Å². The van der Waals surface area contributed by atoms with E-state index < -0.39 is 10.8 Å². The van der Waals surface area contributed by atoms with Gasteiger partial charge in [-0.3, -0.25) is 4.21 Å². The Morgan fingerprint density at radius 2 is 1.95 bits per heavy atom. The monoisotopic (exact) mass is 283 g/mol. The van der Waals surface area contributed by atoms with Crippen LogP contribution in [0.3, 0.4) is 0 Å². The molecule has 4 heteroatoms. The van der Waals surface area contributed by atoms with Crippen molar-refractivity contribution in [2.45, 2.75) is 26.8 Å². The zero-order chi connectivity index (χ0) is 14.1. The molecule has 0 aromatic heterocycles. The fourth-order valence-corrected chi connectivity index (χ4v) is 2.00. The summed E-state index contributed by atoms with van der Waals surface area (Å²) < 4.78 is 16.6. The highest BCUT2D eigenvalue weighted by molar-refractivity contribution is 7.84. The molecule has 108 valence electrons. The average molecular weight is 283 g/mol. The van der Waals surface area contributed by atoms with Crippen LogP contribution in [-0.4, -0.2) is 29.4 Å². The normalized spacial score (nSPS) is 12.6. The second kappa shape index (κ2) is 9.10. The highest BCUT2D eigenvalue weighted by atomic mass is 32.2. The maximum Gasteiger partial charge on any atom is 0.119 e. The first kappa shape index (κ1) is 16.2. The molecule has 0 fully saturated rings. The van der Waals surface area contributed by atoms with Crippen LogP contribution in [0, 0.1) is 5.92 Å². The maximum absolute atomic E-state index is 10.9. The van der Waals surface area contributed by atoms with Crippen LogP contribution in [0.15, 0.2) is 24.3 Å². The molecule has 1 rings (SSSR count). The Morgan fingerprint density at radius 3 is 2.53 bits per heavy atom. The van der Waals surface area contributed by atoms with Gasteiger partial charge in [-0.1, -0.05) is 26.0 Å². The van der Waals surface area contributed by atoms with Gasteiger partial charge >= 0.3 is 0 Å². The lowest BCUT2D eigenvalue weighted by Gasteiger charge is -2.09. The highest BCUT2D eigenvalue weighted by Gasteiger charge is 1.98. The van der Waals surface area contributed by atoms with E-state index in [-0.39, 0.29) is 0 Å². The van der Waals surface area contributed by atoms with Crippen molar-refractivity contribution >= 4 is 10.8 Å². The summed E-state index contributed by atoms with van der Waals surface area (Å²) in [5.41, 5.74) is 1.22. The van der Waals surface area contributed by atoms with Crippen LogP contribution in [0.2, 0.25) is 0 Å². The lowest BCUT2D eigenvalue weighted by molar-refractivity contribution is 0.289. The zero-order valence-electron chi connectivity index (χ0n) is 12.1. The van der Waals surface area contributed by atoms with Crippen molar-refractivity contribution in [1.29, 1.82) is 0 Å². The van der Waals surface area contributed by atoms with Crippen LogP contribution < -0.4 is 10.1 Å². The Bertz CT molecular complexity index is 376. The molecule has 0 amide bonds. The lowest BCUT2D eigenvalue weighted by atomic mass is 10.1. The van der Waals surface area contributed by atoms with E-state index in [1.54, 1.807) is 6.26 Å². The molecule has 19 heavy (non-hydrogen) atoms. The topological polar surface area (TPSA) is 38.3 Å². The molecule has 3 nitrogen and oxygen atoms in total. The molecule has 0 aliphatic heterocycles. The van der Waals surface area contributed by atoms with Crippen molar-refractivity contribution < 1.29 is 8.95 Å². The van der Waals surface area contributed by atoms with E-state index in [9.17, 15) is 4.21 Å². The summed E-state index contributed by atoms with van der Waals surface area (Å²) in [6.07, 6.45) is 2.81. The Kier molecular flexibility index (Phi) is 7.75. The number of rotatable bonds is 9. The first-order valence-electron chi connectivity index (χ1n) is 6.80. The van der Waals surface area contributed by atoms with Crippen LogP contribution in [0.1, 0.15) is 25.8 Å². The largest absolute Gasteiger partial charge is 0.494 e. The third kappa shape index (κ3) is 8.01. The van der Waals surface area contributed by atoms with Gasteiger partial charge in [0.1, 0.15) is 5.75 Å². The molecule has 1 N–H and O–H groups in total. The summed E-state index contributed by atoms with van der Waals surface area (Å²) in [4.78, 5) is 0. The molecule has 0 aliphatic rings. The molecular weight excluding hydrogens is 258 g/mol. The van der Waals surface area contributed by atoms with Crippen molar-refractivity contribution in [1.82, 2.24) is 5.32 Å². The molecule has 1 atom stereocenters. The summed E-state index contributed by atoms with van der Waals surface area (Å²) in [5, 5.41) is 3.28. The van der Waals surface area contributed by atoms with Gasteiger partial charge in [-0.2, -0.15) is 0 Å². The minimum atomic E-state index is -0.717. The Balaban J connectivity index is 2.25. The van der Waals surface area contributed by atoms with Crippen LogP contribution in [0.4, 0.5) is 0 Å². The summed E-state index contributed by atoms with van der Waals surface area (Å²) in [6.45, 7) is 6.76. The van der Waals surface area contributed by atoms with Crippen LogP contribution in [-0.2, 0) is 17.3 Å². The Morgan fingerprint density at radius 1 is 1.26 bits per heavy atom. The number of hydrogen-bond acceptors (Lipinski definition) is 3. The van der Waals surface area contributed by atoms with Crippen LogP contribution in [0.25, 0.3) is 0 Å². The second-order valence-corrected chi connectivity index (χ2v) is 6.68. The molecule has 0 bridgehead atoms. The van der Waals surface area contributed by atoms with Gasteiger partial charge in [0.05, 0.1) is 6.61 Å². The van der Waals surface area contributed by atoms with Gasteiger partial charge in [0.15, 0.2) is 0 Å². The van der Waals surface area contributed by atoms with Gasteiger partial charge in [-0.05, 0) is 30.0 Å². The minimum Gasteiger partial charge on any atom is -0.494 e. The van der Waals surface area contributed by atoms with E-state index in [1.165, 1.54) is 5.56 Å². The highest BCUT2D eigenvalue weighted by Crippen LogP contribution is 2.13. The summed E-state index contributed by atoms with van der Waals surface area (Å²) in [5.74, 6) is 2.31. The molecule has 0 spiro atoms. The van der Waals surface area contributed by atoms with Gasteiger partial charge in [0, 0.05) is 35.9 Å². The van der Waals surface area contributed by atoms with Crippen LogP contribution in [0.5, 0.6) is 5.75 Å². The molecule has 0 aliphatic carbocycles. The number of ether oxygens (including phenoxy) is 1. The minimum absolute atomic E-state index is 0.674. The van der Waals surface area contributed by atoms with Gasteiger partial charge in [0.25, 0.3) is 0 Å². The fraction of sp³-hybridized carbons (Fsp3) is 0.600. The molecule has 0 heterocycles. The lowest BCUT2D eigenvalue weighted by Crippen LogP contribution is -2.19. The molecule has 0 radical (unpaired) electrons. The van der Waals surface area contributed by atoms with E-state index in [0.717, 1.165) is 31.9 Å². The average Bonchev–Trinajstić information content (AvgIpc) is 2.36. The van der Waals surface area contributed by atoms with Crippen molar-refractivity contribution in [3.8, 4) is 5.75 Å². The third-order valence-corrected chi connectivity index (χ3v) is 3.56. The summed E-state index contributed by atoms with van der Waals surface area (Å²) >= 11 is 0. The van der Waals surface area contributed by atoms with Crippen molar-refractivity contribution in [2.75, 3.05) is 25.2 Å². The number of nitrogens with one attached hydrogen (secondary N) is 1. The molecular formula is C15H25NO2S. The molecule has 1 aromatic carbocycles. The summed E-state index contributed by atoms with van der Waals surface area (Å²) in [7, 11) is -0.717. The third-order valence-electron chi connectivity index (χ3n) is 2.78. The van der Waals surface area contributed by atoms with Crippen molar-refractivity contribution in [3.05, 3.63) is 29.8 Å². The first-order valence-corrected chi connectivity index (χ1v) is 8.53. The maximum atomic E-state index is 10.9. The predicted molar refractivity (Wildman–Crippen MR) is 82.0 cm³/mol. The van der Waals surface area contributed by atoms with Crippen molar-refractivity contribution in [2.24, 2.45) is 5.92 Å². The quantitative estimate of drug-likeness (QED) is 0.708. The standard InChI is InChI=1S/C15H25NO2S/c1-13(2)8-10-18-15-6-4-14(5-7-15)12-16-9-11-19(3)17/h4-7,13,16H,8-12H2,1-3H3. The number of benzene rings is 1. The first-order chi connectivity index (χ1) is 9.08. The van der Waals surface area contributed by atoms with E-state index in [4.69, 9.17) is 4.74 Å². The summed E-state index contributed by atoms with van der Waals surface area (Å²) in [6, 6.07) is 8.16. The zero-order valence-corrected chi connectivity index (χ0v) is 13.0. The van der Waals surface area contributed by atoms with E-state index >= 15 is 0 Å². The van der Waals surface area contributed by atoms with E-state index in [1.807, 2.05) is 12.1 Å². The SMILES string of the molecule is CC(C)CCOc1ccc(CNCCS(C)=O)cc1. The second-order valence-electron chi connectivity index (χ2n) is 5.13. The molecule has 0 saturated carbocycles. The smallest absolute Gasteiger partial charge is 0.119 e. The fourth-order valence-electron chi connectivity index (χ4n) is 1.56. The van der Waals surface area contributed by atoms with Gasteiger partial charge in [-0.25, -0.2) is 0 Å². The molecule has 1 unspecified atom stereocenters. The van der Waals surface area contributed by atoms with Gasteiger partial charge in [-0.15, -0.1) is 0 Å². The Labute approximate surface area is 119 Å².